The van der Waals surface area contributed by atoms with E-state index >= 15 is 0 Å². The summed E-state index contributed by atoms with van der Waals surface area (Å²) in [7, 11) is 0. The van der Waals surface area contributed by atoms with Crippen LogP contribution in [0.2, 0.25) is 0 Å². The maximum Gasteiger partial charge on any atom is 0.416 e. The van der Waals surface area contributed by atoms with Crippen LogP contribution in [0.1, 0.15) is 23.5 Å². The molecule has 17 heavy (non-hydrogen) atoms. The smallest absolute Gasteiger partial charge is 0.314 e. The molecule has 2 atom stereocenters. The highest BCUT2D eigenvalue weighted by molar-refractivity contribution is 5.29. The third-order valence-electron chi connectivity index (χ3n) is 3.05. The quantitative estimate of drug-likeness (QED) is 0.752. The predicted molar refractivity (Wildman–Crippen MR) is 56.6 cm³/mol. The Bertz CT molecular complexity index is 388. The molecule has 2 unspecified atom stereocenters. The average molecular weight is 247 g/mol. The molecule has 94 valence electrons. The van der Waals surface area contributed by atoms with Gasteiger partial charge in [-0.15, -0.1) is 0 Å². The maximum atomic E-state index is 13.6. The lowest BCUT2D eigenvalue weighted by Gasteiger charge is -2.27. The van der Waals surface area contributed by atoms with Crippen molar-refractivity contribution in [2.45, 2.75) is 24.7 Å². The largest absolute Gasteiger partial charge is 0.416 e. The minimum absolute atomic E-state index is 0.209. The first-order valence-corrected chi connectivity index (χ1v) is 5.50. The molecule has 5 heteroatoms. The normalized spacial score (nSPS) is 25.9. The summed E-state index contributed by atoms with van der Waals surface area (Å²) in [5.41, 5.74) is -0.269. The van der Waals surface area contributed by atoms with Crippen molar-refractivity contribution in [3.63, 3.8) is 0 Å². The molecule has 0 spiro atoms. The van der Waals surface area contributed by atoms with E-state index in [9.17, 15) is 17.6 Å². The molecule has 1 aromatic rings. The molecule has 0 saturated carbocycles. The van der Waals surface area contributed by atoms with Crippen LogP contribution in [0, 0.1) is 0 Å². The van der Waals surface area contributed by atoms with Crippen molar-refractivity contribution < 1.29 is 17.6 Å². The van der Waals surface area contributed by atoms with Gasteiger partial charge in [0.1, 0.15) is 6.17 Å². The summed E-state index contributed by atoms with van der Waals surface area (Å²) in [5.74, 6) is -0.432. The van der Waals surface area contributed by atoms with E-state index in [-0.39, 0.29) is 6.54 Å². The molecule has 1 aromatic carbocycles. The number of halogens is 4. The van der Waals surface area contributed by atoms with Gasteiger partial charge in [-0.2, -0.15) is 13.2 Å². The van der Waals surface area contributed by atoms with Gasteiger partial charge < -0.3 is 5.32 Å². The molecule has 1 nitrogen and oxygen atoms in total. The lowest BCUT2D eigenvalue weighted by Crippen LogP contribution is -2.36. The van der Waals surface area contributed by atoms with Gasteiger partial charge in [0.15, 0.2) is 0 Å². The van der Waals surface area contributed by atoms with Gasteiger partial charge >= 0.3 is 6.18 Å². The molecule has 0 aliphatic carbocycles. The Labute approximate surface area is 96.8 Å². The fourth-order valence-electron chi connectivity index (χ4n) is 2.14. The number of rotatable bonds is 1. The molecule has 1 aliphatic heterocycles. The Balaban J connectivity index is 2.26. The van der Waals surface area contributed by atoms with Crippen LogP contribution in [0.3, 0.4) is 0 Å². The van der Waals surface area contributed by atoms with E-state index in [1.807, 2.05) is 0 Å². The van der Waals surface area contributed by atoms with Gasteiger partial charge in [-0.1, -0.05) is 18.2 Å². The monoisotopic (exact) mass is 247 g/mol. The summed E-state index contributed by atoms with van der Waals surface area (Å²) < 4.78 is 51.2. The highest BCUT2D eigenvalue weighted by atomic mass is 19.4. The zero-order chi connectivity index (χ0) is 12.5. The SMILES string of the molecule is FC1CNCCC1c1cccc(C(F)(F)F)c1. The molecule has 0 bridgehead atoms. The van der Waals surface area contributed by atoms with Crippen molar-refractivity contribution in [2.24, 2.45) is 0 Å². The molecule has 0 aromatic heterocycles. The van der Waals surface area contributed by atoms with Gasteiger partial charge in [0.25, 0.3) is 0 Å². The lowest BCUT2D eigenvalue weighted by atomic mass is 9.88. The zero-order valence-corrected chi connectivity index (χ0v) is 9.10. The Morgan fingerprint density at radius 2 is 2.00 bits per heavy atom. The topological polar surface area (TPSA) is 12.0 Å². The lowest BCUT2D eigenvalue weighted by molar-refractivity contribution is -0.137. The Hall–Kier alpha value is -1.10. The van der Waals surface area contributed by atoms with Crippen molar-refractivity contribution in [1.29, 1.82) is 0 Å². The molecule has 1 heterocycles. The average Bonchev–Trinajstić information content (AvgIpc) is 2.29. The van der Waals surface area contributed by atoms with E-state index in [0.29, 0.717) is 18.5 Å². The number of hydrogen-bond donors (Lipinski definition) is 1. The van der Waals surface area contributed by atoms with E-state index in [4.69, 9.17) is 0 Å². The fourth-order valence-corrected chi connectivity index (χ4v) is 2.14. The third-order valence-corrected chi connectivity index (χ3v) is 3.05. The summed E-state index contributed by atoms with van der Waals surface area (Å²) in [6.45, 7) is 0.849. The van der Waals surface area contributed by atoms with Crippen LogP contribution in [-0.2, 0) is 6.18 Å². The van der Waals surface area contributed by atoms with Gasteiger partial charge in [0, 0.05) is 12.5 Å². The van der Waals surface area contributed by atoms with Gasteiger partial charge in [-0.3, -0.25) is 0 Å². The van der Waals surface area contributed by atoms with Crippen LogP contribution in [0.4, 0.5) is 17.6 Å². The number of piperidine rings is 1. The van der Waals surface area contributed by atoms with Gasteiger partial charge in [0.05, 0.1) is 5.56 Å². The molecule has 2 rings (SSSR count). The molecule has 0 radical (unpaired) electrons. The third kappa shape index (κ3) is 2.77. The van der Waals surface area contributed by atoms with E-state index in [2.05, 4.69) is 5.32 Å². The Morgan fingerprint density at radius 3 is 2.65 bits per heavy atom. The number of nitrogens with one attached hydrogen (secondary N) is 1. The standard InChI is InChI=1S/C12H13F4N/c13-11-7-17-5-4-10(11)8-2-1-3-9(6-8)12(14,15)16/h1-3,6,10-11,17H,4-5,7H2. The molecule has 1 fully saturated rings. The summed E-state index contributed by atoms with van der Waals surface area (Å²) in [5, 5.41) is 2.88. The van der Waals surface area contributed by atoms with Gasteiger partial charge in [-0.05, 0) is 24.6 Å². The summed E-state index contributed by atoms with van der Waals surface area (Å²) in [6.07, 6.45) is -4.95. The van der Waals surface area contributed by atoms with Gasteiger partial charge in [-0.25, -0.2) is 4.39 Å². The van der Waals surface area contributed by atoms with Gasteiger partial charge in [0.2, 0.25) is 0 Å². The minimum atomic E-state index is -4.37. The zero-order valence-electron chi connectivity index (χ0n) is 9.10. The number of alkyl halides is 4. The number of hydrogen-bond acceptors (Lipinski definition) is 1. The molecule has 1 N–H and O–H groups in total. The second-order valence-electron chi connectivity index (χ2n) is 4.24. The second kappa shape index (κ2) is 4.64. The summed E-state index contributed by atoms with van der Waals surface area (Å²) in [6, 6.07) is 4.98. The van der Waals surface area contributed by atoms with Crippen LogP contribution < -0.4 is 5.32 Å². The van der Waals surface area contributed by atoms with Crippen molar-refractivity contribution >= 4 is 0 Å². The van der Waals surface area contributed by atoms with Crippen LogP contribution >= 0.6 is 0 Å². The fraction of sp³-hybridized carbons (Fsp3) is 0.500. The van der Waals surface area contributed by atoms with Crippen LogP contribution in [0.15, 0.2) is 24.3 Å². The van der Waals surface area contributed by atoms with Crippen LogP contribution in [-0.4, -0.2) is 19.3 Å². The van der Waals surface area contributed by atoms with E-state index in [1.54, 1.807) is 6.07 Å². The molecular formula is C12H13F4N. The highest BCUT2D eigenvalue weighted by Gasteiger charge is 2.32. The predicted octanol–water partition coefficient (Wildman–Crippen LogP) is 3.12. The van der Waals surface area contributed by atoms with Crippen molar-refractivity contribution in [3.05, 3.63) is 35.4 Å². The Kier molecular flexibility index (Phi) is 3.38. The molecule has 0 amide bonds. The minimum Gasteiger partial charge on any atom is -0.314 e. The van der Waals surface area contributed by atoms with E-state index in [0.717, 1.165) is 12.1 Å². The van der Waals surface area contributed by atoms with Crippen LogP contribution in [0.5, 0.6) is 0 Å². The first kappa shape index (κ1) is 12.4. The van der Waals surface area contributed by atoms with E-state index < -0.39 is 23.8 Å². The summed E-state index contributed by atoms with van der Waals surface area (Å²) >= 11 is 0. The first-order chi connectivity index (χ1) is 7.98. The highest BCUT2D eigenvalue weighted by Crippen LogP contribution is 2.33. The van der Waals surface area contributed by atoms with E-state index in [1.165, 1.54) is 6.07 Å². The molecule has 1 saturated heterocycles. The Morgan fingerprint density at radius 1 is 1.24 bits per heavy atom. The van der Waals surface area contributed by atoms with Crippen LogP contribution in [0.25, 0.3) is 0 Å². The number of benzene rings is 1. The summed E-state index contributed by atoms with van der Waals surface area (Å²) in [4.78, 5) is 0. The van der Waals surface area contributed by atoms with Crippen molar-refractivity contribution in [1.82, 2.24) is 5.32 Å². The first-order valence-electron chi connectivity index (χ1n) is 5.50. The van der Waals surface area contributed by atoms with Crippen molar-refractivity contribution in [3.8, 4) is 0 Å². The van der Waals surface area contributed by atoms with Crippen molar-refractivity contribution in [2.75, 3.05) is 13.1 Å². The maximum absolute atomic E-state index is 13.6. The second-order valence-corrected chi connectivity index (χ2v) is 4.24. The molecule has 1 aliphatic rings. The molecular weight excluding hydrogens is 234 g/mol.